The number of esters is 1. The molecule has 1 aliphatic heterocycles. The van der Waals surface area contributed by atoms with Gasteiger partial charge in [-0.3, -0.25) is 4.79 Å². The van der Waals surface area contributed by atoms with E-state index in [1.54, 1.807) is 31.2 Å². The predicted octanol–water partition coefficient (Wildman–Crippen LogP) is 5.14. The monoisotopic (exact) mass is 388 g/mol. The average molecular weight is 388 g/mol. The molecule has 0 amide bonds. The van der Waals surface area contributed by atoms with E-state index in [0.717, 1.165) is 22.1 Å². The van der Waals surface area contributed by atoms with E-state index in [0.29, 0.717) is 29.3 Å². The maximum Gasteiger partial charge on any atom is 0.338 e. The molecule has 1 aliphatic carbocycles. The molecule has 0 spiro atoms. The van der Waals surface area contributed by atoms with Crippen molar-refractivity contribution in [1.29, 1.82) is 0 Å². The van der Waals surface area contributed by atoms with E-state index in [2.05, 4.69) is 0 Å². The van der Waals surface area contributed by atoms with Gasteiger partial charge in [-0.1, -0.05) is 18.2 Å². The zero-order valence-electron chi connectivity index (χ0n) is 16.2. The summed E-state index contributed by atoms with van der Waals surface area (Å²) in [5, 5.41) is 0.816. The van der Waals surface area contributed by atoms with E-state index < -0.39 is 5.97 Å². The average Bonchev–Trinajstić information content (AvgIpc) is 2.72. The molecule has 0 unspecified atom stereocenters. The van der Waals surface area contributed by atoms with Gasteiger partial charge >= 0.3 is 5.97 Å². The van der Waals surface area contributed by atoms with Gasteiger partial charge in [0.25, 0.3) is 0 Å². The molecule has 5 heteroatoms. The Morgan fingerprint density at radius 2 is 1.76 bits per heavy atom. The van der Waals surface area contributed by atoms with E-state index in [4.69, 9.17) is 13.9 Å². The first-order chi connectivity index (χ1) is 14.1. The van der Waals surface area contributed by atoms with E-state index in [9.17, 15) is 9.59 Å². The van der Waals surface area contributed by atoms with Gasteiger partial charge < -0.3 is 13.9 Å². The van der Waals surface area contributed by atoms with Crippen LogP contribution in [0.15, 0.2) is 69.9 Å². The van der Waals surface area contributed by atoms with Crippen molar-refractivity contribution in [2.75, 3.05) is 13.2 Å². The van der Waals surface area contributed by atoms with Gasteiger partial charge in [-0.25, -0.2) is 4.79 Å². The molecule has 0 saturated carbocycles. The molecule has 0 bridgehead atoms. The van der Waals surface area contributed by atoms with Gasteiger partial charge in [-0.2, -0.15) is 0 Å². The summed E-state index contributed by atoms with van der Waals surface area (Å²) >= 11 is 0. The highest BCUT2D eigenvalue weighted by molar-refractivity contribution is 6.07. The van der Waals surface area contributed by atoms with E-state index in [1.807, 2.05) is 31.2 Å². The summed E-state index contributed by atoms with van der Waals surface area (Å²) in [5.74, 6) is 0.731. The highest BCUT2D eigenvalue weighted by atomic mass is 16.5. The van der Waals surface area contributed by atoms with Crippen LogP contribution in [0.1, 0.15) is 24.2 Å². The first kappa shape index (κ1) is 18.7. The van der Waals surface area contributed by atoms with Crippen molar-refractivity contribution >= 4 is 16.9 Å². The van der Waals surface area contributed by atoms with Gasteiger partial charge in [0.15, 0.2) is 5.43 Å². The van der Waals surface area contributed by atoms with Crippen LogP contribution in [0.2, 0.25) is 0 Å². The maximum absolute atomic E-state index is 12.6. The summed E-state index contributed by atoms with van der Waals surface area (Å²) in [6.45, 7) is 4.50. The molecular weight excluding hydrogens is 368 g/mol. The van der Waals surface area contributed by atoms with E-state index in [1.165, 1.54) is 12.1 Å². The lowest BCUT2D eigenvalue weighted by Gasteiger charge is -2.17. The number of carbonyl (C=O) groups excluding carboxylic acids is 1. The van der Waals surface area contributed by atoms with Gasteiger partial charge in [0, 0.05) is 28.6 Å². The van der Waals surface area contributed by atoms with Crippen LogP contribution < -0.4 is 10.2 Å². The molecule has 2 aliphatic rings. The standard InChI is InChI=1S/C24H20O5/c1-3-27-16-10-12-20-22(14-16)29-21-13-15(25)9-11-19(21)23(20)17-7-5-6-8-18(17)24(26)28-4-2/h5-14H,3-4H2,1-2H3. The van der Waals surface area contributed by atoms with Crippen LogP contribution >= 0.6 is 0 Å². The van der Waals surface area contributed by atoms with Crippen molar-refractivity contribution in [2.45, 2.75) is 13.8 Å². The maximum atomic E-state index is 12.6. The second kappa shape index (κ2) is 7.80. The van der Waals surface area contributed by atoms with Crippen LogP contribution in [0.3, 0.4) is 0 Å². The van der Waals surface area contributed by atoms with Crippen LogP contribution in [0.4, 0.5) is 0 Å². The minimum atomic E-state index is -0.392. The SMILES string of the molecule is CCOC(=O)c1ccccc1-c1c2ccc(=O)cc-2oc2cc(OCC)ccc12. The Balaban J connectivity index is 2.08. The molecule has 4 rings (SSSR count). The van der Waals surface area contributed by atoms with Gasteiger partial charge in [-0.05, 0) is 49.7 Å². The molecule has 0 aromatic heterocycles. The molecule has 0 N–H and O–H groups in total. The van der Waals surface area contributed by atoms with E-state index >= 15 is 0 Å². The normalized spacial score (nSPS) is 11.0. The lowest BCUT2D eigenvalue weighted by Crippen LogP contribution is -2.07. The summed E-state index contributed by atoms with van der Waals surface area (Å²) in [6.07, 6.45) is 0. The third-order valence-corrected chi connectivity index (χ3v) is 4.67. The van der Waals surface area contributed by atoms with Gasteiger partial charge in [0.2, 0.25) is 0 Å². The number of rotatable bonds is 5. The molecule has 146 valence electrons. The fraction of sp³-hybridized carbons (Fsp3) is 0.167. The van der Waals surface area contributed by atoms with Crippen molar-refractivity contribution < 1.29 is 18.7 Å². The summed E-state index contributed by atoms with van der Waals surface area (Å²) in [7, 11) is 0. The fourth-order valence-electron chi connectivity index (χ4n) is 3.49. The highest BCUT2D eigenvalue weighted by Gasteiger charge is 2.22. The van der Waals surface area contributed by atoms with Crippen molar-refractivity contribution in [1.82, 2.24) is 0 Å². The van der Waals surface area contributed by atoms with Crippen LogP contribution in [0.25, 0.3) is 33.4 Å². The topological polar surface area (TPSA) is 65.7 Å². The zero-order valence-corrected chi connectivity index (χ0v) is 16.2. The van der Waals surface area contributed by atoms with E-state index in [-0.39, 0.29) is 12.0 Å². The Kier molecular flexibility index (Phi) is 5.04. The Morgan fingerprint density at radius 3 is 2.55 bits per heavy atom. The number of carbonyl (C=O) groups is 1. The third kappa shape index (κ3) is 3.47. The van der Waals surface area contributed by atoms with Crippen molar-refractivity contribution in [3.8, 4) is 28.2 Å². The molecular formula is C24H20O5. The number of ether oxygens (including phenoxy) is 2. The Bertz CT molecular complexity index is 1220. The Labute approximate surface area is 167 Å². The van der Waals surface area contributed by atoms with Gasteiger partial charge in [-0.15, -0.1) is 0 Å². The zero-order chi connectivity index (χ0) is 20.4. The lowest BCUT2D eigenvalue weighted by atomic mass is 9.91. The first-order valence-corrected chi connectivity index (χ1v) is 9.52. The minimum Gasteiger partial charge on any atom is -0.494 e. The number of benzene rings is 3. The number of hydrogen-bond donors (Lipinski definition) is 0. The summed E-state index contributed by atoms with van der Waals surface area (Å²) in [4.78, 5) is 24.5. The quantitative estimate of drug-likeness (QED) is 0.350. The van der Waals surface area contributed by atoms with Crippen LogP contribution in [0, 0.1) is 0 Å². The Hall–Kier alpha value is -3.60. The summed E-state index contributed by atoms with van der Waals surface area (Å²) < 4.78 is 16.9. The van der Waals surface area contributed by atoms with Crippen molar-refractivity contribution in [2.24, 2.45) is 0 Å². The molecule has 29 heavy (non-hydrogen) atoms. The van der Waals surface area contributed by atoms with Crippen molar-refractivity contribution in [3.05, 3.63) is 76.5 Å². The Morgan fingerprint density at radius 1 is 0.931 bits per heavy atom. The smallest absolute Gasteiger partial charge is 0.338 e. The van der Waals surface area contributed by atoms with Crippen molar-refractivity contribution in [3.63, 3.8) is 0 Å². The van der Waals surface area contributed by atoms with Gasteiger partial charge in [0.1, 0.15) is 17.1 Å². The second-order valence-corrected chi connectivity index (χ2v) is 6.49. The number of hydrogen-bond acceptors (Lipinski definition) is 5. The fourth-order valence-corrected chi connectivity index (χ4v) is 3.49. The highest BCUT2D eigenvalue weighted by Crippen LogP contribution is 2.42. The molecule has 5 nitrogen and oxygen atoms in total. The first-order valence-electron chi connectivity index (χ1n) is 9.52. The molecule has 0 fully saturated rings. The molecule has 2 aromatic rings. The molecule has 0 radical (unpaired) electrons. The lowest BCUT2D eigenvalue weighted by molar-refractivity contribution is 0.0527. The van der Waals surface area contributed by atoms with Crippen LogP contribution in [-0.2, 0) is 4.74 Å². The number of fused-ring (bicyclic) bond motifs is 2. The van der Waals surface area contributed by atoms with Crippen LogP contribution in [0.5, 0.6) is 5.75 Å². The summed E-state index contributed by atoms with van der Waals surface area (Å²) in [5.41, 5.74) is 3.17. The minimum absolute atomic E-state index is 0.147. The predicted molar refractivity (Wildman–Crippen MR) is 112 cm³/mol. The van der Waals surface area contributed by atoms with Crippen LogP contribution in [-0.4, -0.2) is 19.2 Å². The molecule has 2 aromatic carbocycles. The molecule has 0 saturated heterocycles. The van der Waals surface area contributed by atoms with Gasteiger partial charge in [0.05, 0.1) is 18.8 Å². The molecule has 0 atom stereocenters. The molecule has 1 heterocycles. The summed E-state index contributed by atoms with van der Waals surface area (Å²) in [6, 6.07) is 17.5. The largest absolute Gasteiger partial charge is 0.494 e. The third-order valence-electron chi connectivity index (χ3n) is 4.67. The second-order valence-electron chi connectivity index (χ2n) is 6.49.